The van der Waals surface area contributed by atoms with E-state index in [-0.39, 0.29) is 43.8 Å². The van der Waals surface area contributed by atoms with E-state index in [1.807, 2.05) is 0 Å². The fraction of sp³-hybridized carbons (Fsp3) is 0. The van der Waals surface area contributed by atoms with E-state index in [2.05, 4.69) is 23.3 Å². The van der Waals surface area contributed by atoms with Gasteiger partial charge in [-0.15, -0.1) is 23.3 Å². The molecule has 0 saturated carbocycles. The van der Waals surface area contributed by atoms with Gasteiger partial charge in [-0.3, -0.25) is 0 Å². The van der Waals surface area contributed by atoms with Crippen LogP contribution in [0, 0.1) is 0 Å². The standard InChI is InChI=1S/GeH4.H2S2.Zr/c;1-2;/h1H4;1-2H;. The van der Waals surface area contributed by atoms with Crippen LogP contribution in [-0.4, -0.2) is 17.6 Å². The molecular weight excluding hydrogens is 228 g/mol. The van der Waals surface area contributed by atoms with E-state index >= 15 is 0 Å². The zero-order chi connectivity index (χ0) is 2.00. The molecule has 0 bridgehead atoms. The summed E-state index contributed by atoms with van der Waals surface area (Å²) in [5, 5.41) is 0. The molecule has 0 aromatic carbocycles. The molecule has 0 amide bonds. The van der Waals surface area contributed by atoms with Crippen LogP contribution in [0.25, 0.3) is 0 Å². The monoisotopic (exact) mass is 234 g/mol. The molecule has 0 aliphatic rings. The summed E-state index contributed by atoms with van der Waals surface area (Å²) in [6, 6.07) is 0. The number of hydrogen-bond acceptors (Lipinski definition) is 2. The molecule has 0 heterocycles. The zero-order valence-electron chi connectivity index (χ0n) is 1.39. The summed E-state index contributed by atoms with van der Waals surface area (Å²) in [5.74, 6) is 0. The van der Waals surface area contributed by atoms with Crippen LogP contribution in [0.1, 0.15) is 0 Å². The number of rotatable bonds is 0. The van der Waals surface area contributed by atoms with Gasteiger partial charge in [0.05, 0.1) is 0 Å². The van der Waals surface area contributed by atoms with Gasteiger partial charge < -0.3 is 0 Å². The molecule has 0 N–H and O–H groups in total. The summed E-state index contributed by atoms with van der Waals surface area (Å²) in [4.78, 5) is 0. The third kappa shape index (κ3) is 8.92. The largest absolute Gasteiger partial charge is 0 e. The summed E-state index contributed by atoms with van der Waals surface area (Å²) in [7, 11) is 0. The summed E-state index contributed by atoms with van der Waals surface area (Å²) in [6.07, 6.45) is 0. The molecule has 0 nitrogen and oxygen atoms in total. The van der Waals surface area contributed by atoms with Crippen LogP contribution < -0.4 is 0 Å². The van der Waals surface area contributed by atoms with E-state index in [9.17, 15) is 0 Å². The van der Waals surface area contributed by atoms with E-state index in [4.69, 9.17) is 0 Å². The molecule has 4 heteroatoms. The predicted octanol–water partition coefficient (Wildman–Crippen LogP) is -0.693. The van der Waals surface area contributed by atoms with Crippen molar-refractivity contribution in [2.24, 2.45) is 0 Å². The molecule has 26 valence electrons. The Morgan fingerprint density at radius 1 is 1.00 bits per heavy atom. The van der Waals surface area contributed by atoms with Crippen molar-refractivity contribution in [3.05, 3.63) is 0 Å². The van der Waals surface area contributed by atoms with Gasteiger partial charge >= 0.3 is 17.6 Å². The second kappa shape index (κ2) is 19.3. The van der Waals surface area contributed by atoms with Crippen molar-refractivity contribution in [3.8, 4) is 0 Å². The maximum absolute atomic E-state index is 3.22. The SMILES string of the molecule is SS.[GeH4].[Zr]. The Balaban J connectivity index is -0.00000000500. The minimum absolute atomic E-state index is 0. The first-order valence-corrected chi connectivity index (χ1v) is 1.80. The van der Waals surface area contributed by atoms with Crippen molar-refractivity contribution >= 4 is 40.9 Å². The van der Waals surface area contributed by atoms with E-state index in [0.29, 0.717) is 0 Å². The van der Waals surface area contributed by atoms with Crippen molar-refractivity contribution in [2.75, 3.05) is 0 Å². The average molecular weight is 234 g/mol. The Labute approximate surface area is 66.4 Å². The van der Waals surface area contributed by atoms with Gasteiger partial charge in [-0.25, -0.2) is 0 Å². The van der Waals surface area contributed by atoms with E-state index in [1.165, 1.54) is 0 Å². The average Bonchev–Trinajstić information content (AvgIpc) is 1.00. The third-order valence-corrected chi connectivity index (χ3v) is 0. The second-order valence-corrected chi connectivity index (χ2v) is 0. The molecule has 0 atom stereocenters. The smallest absolute Gasteiger partial charge is 0 e. The molecule has 0 aromatic heterocycles. The van der Waals surface area contributed by atoms with Crippen LogP contribution in [0.5, 0.6) is 0 Å². The van der Waals surface area contributed by atoms with E-state index in [0.717, 1.165) is 0 Å². The van der Waals surface area contributed by atoms with Crippen molar-refractivity contribution < 1.29 is 26.2 Å². The summed E-state index contributed by atoms with van der Waals surface area (Å²) in [5.41, 5.74) is 0. The van der Waals surface area contributed by atoms with E-state index in [1.54, 1.807) is 0 Å². The Bertz CT molecular complexity index is 6.00. The Hall–Kier alpha value is 2.13. The van der Waals surface area contributed by atoms with Crippen LogP contribution in [-0.2, 0) is 26.2 Å². The van der Waals surface area contributed by atoms with Crippen LogP contribution in [0.4, 0.5) is 0 Å². The van der Waals surface area contributed by atoms with E-state index < -0.39 is 0 Å². The van der Waals surface area contributed by atoms with Gasteiger partial charge in [-0.2, -0.15) is 0 Å². The first-order valence-electron chi connectivity index (χ1n) is 0.200. The first kappa shape index (κ1) is 16.5. The molecule has 0 radical (unpaired) electrons. The molecular formula is H6GeS2Zr. The van der Waals surface area contributed by atoms with Crippen LogP contribution in [0.2, 0.25) is 0 Å². The molecule has 0 rings (SSSR count). The van der Waals surface area contributed by atoms with Crippen LogP contribution >= 0.6 is 23.3 Å². The van der Waals surface area contributed by atoms with Gasteiger partial charge in [0.15, 0.2) is 0 Å². The number of hydrogen-bond donors (Lipinski definition) is 2. The first-order chi connectivity index (χ1) is 1.00. The maximum Gasteiger partial charge on any atom is 0 e. The maximum atomic E-state index is 3.22. The minimum Gasteiger partial charge on any atom is 0 e. The molecule has 0 fully saturated rings. The quantitative estimate of drug-likeness (QED) is 0.309. The van der Waals surface area contributed by atoms with Crippen molar-refractivity contribution in [2.45, 2.75) is 0 Å². The van der Waals surface area contributed by atoms with Crippen molar-refractivity contribution in [1.29, 1.82) is 0 Å². The molecule has 0 aliphatic heterocycles. The van der Waals surface area contributed by atoms with Gasteiger partial charge in [0, 0.05) is 26.2 Å². The van der Waals surface area contributed by atoms with Gasteiger partial charge in [0.25, 0.3) is 0 Å². The predicted molar refractivity (Wildman–Crippen MR) is 29.3 cm³/mol. The topological polar surface area (TPSA) is 0 Å². The third-order valence-electron chi connectivity index (χ3n) is 0. The zero-order valence-corrected chi connectivity index (χ0v) is 5.64. The summed E-state index contributed by atoms with van der Waals surface area (Å²) >= 11 is 6.44. The summed E-state index contributed by atoms with van der Waals surface area (Å²) in [6.45, 7) is 0. The molecule has 0 saturated heterocycles. The van der Waals surface area contributed by atoms with Crippen molar-refractivity contribution in [3.63, 3.8) is 0 Å². The number of thiol groups is 2. The fourth-order valence-corrected chi connectivity index (χ4v) is 0. The Morgan fingerprint density at radius 2 is 1.00 bits per heavy atom. The van der Waals surface area contributed by atoms with Gasteiger partial charge in [0.1, 0.15) is 0 Å². The normalized spacial score (nSPS) is 1.50. The molecule has 4 heavy (non-hydrogen) atoms. The molecule has 0 aliphatic carbocycles. The Morgan fingerprint density at radius 3 is 1.00 bits per heavy atom. The fourth-order valence-electron chi connectivity index (χ4n) is 0. The molecule has 0 spiro atoms. The van der Waals surface area contributed by atoms with Gasteiger partial charge in [0.2, 0.25) is 0 Å². The van der Waals surface area contributed by atoms with Crippen LogP contribution in [0.3, 0.4) is 0 Å². The van der Waals surface area contributed by atoms with Gasteiger partial charge in [-0.05, 0) is 0 Å². The minimum atomic E-state index is 0. The summed E-state index contributed by atoms with van der Waals surface area (Å²) < 4.78 is 0. The second-order valence-electron chi connectivity index (χ2n) is 0. The Kier molecular flexibility index (Phi) is 79.5. The van der Waals surface area contributed by atoms with Crippen molar-refractivity contribution in [1.82, 2.24) is 0 Å². The molecule has 0 unspecified atom stereocenters. The molecule has 0 aromatic rings. The van der Waals surface area contributed by atoms with Crippen LogP contribution in [0.15, 0.2) is 0 Å². The van der Waals surface area contributed by atoms with Gasteiger partial charge in [-0.1, -0.05) is 0 Å².